The van der Waals surface area contributed by atoms with Crippen molar-refractivity contribution in [2.45, 2.75) is 25.4 Å². The number of benzene rings is 1. The lowest BCUT2D eigenvalue weighted by molar-refractivity contribution is -0.126. The highest BCUT2D eigenvalue weighted by molar-refractivity contribution is 5.85. The summed E-state index contributed by atoms with van der Waals surface area (Å²) >= 11 is 0. The largest absolute Gasteiger partial charge is 0.351 e. The van der Waals surface area contributed by atoms with Crippen LogP contribution in [0.15, 0.2) is 30.3 Å². The van der Waals surface area contributed by atoms with Crippen LogP contribution in [-0.2, 0) is 16.1 Å². The maximum atomic E-state index is 11.8. The van der Waals surface area contributed by atoms with Gasteiger partial charge in [0, 0.05) is 19.1 Å². The van der Waals surface area contributed by atoms with Gasteiger partial charge in [-0.3, -0.25) is 14.5 Å². The van der Waals surface area contributed by atoms with Crippen LogP contribution in [0.2, 0.25) is 0 Å². The minimum atomic E-state index is -0.315. The van der Waals surface area contributed by atoms with Gasteiger partial charge in [0.05, 0.1) is 13.1 Å². The van der Waals surface area contributed by atoms with Gasteiger partial charge in [-0.25, -0.2) is 0 Å². The Hall–Kier alpha value is -1.92. The Labute approximate surface area is 131 Å². The number of carbonyl (C=O) groups is 2. The first kappa shape index (κ1) is 16.5. The molecule has 0 bridgehead atoms. The molecule has 1 aliphatic heterocycles. The van der Waals surface area contributed by atoms with Crippen LogP contribution in [0.5, 0.6) is 0 Å². The van der Waals surface area contributed by atoms with Crippen molar-refractivity contribution in [2.24, 2.45) is 5.73 Å². The van der Waals surface area contributed by atoms with Crippen molar-refractivity contribution >= 4 is 11.8 Å². The number of hydrogen-bond donors (Lipinski definition) is 3. The van der Waals surface area contributed by atoms with E-state index >= 15 is 0 Å². The van der Waals surface area contributed by atoms with Crippen molar-refractivity contribution in [3.05, 3.63) is 35.9 Å². The number of carbonyl (C=O) groups excluding carboxylic acids is 2. The third kappa shape index (κ3) is 5.46. The van der Waals surface area contributed by atoms with Crippen molar-refractivity contribution in [1.82, 2.24) is 15.5 Å². The van der Waals surface area contributed by atoms with Crippen LogP contribution in [0.3, 0.4) is 0 Å². The maximum Gasteiger partial charge on any atom is 0.239 e. The van der Waals surface area contributed by atoms with Gasteiger partial charge in [0.25, 0.3) is 0 Å². The van der Waals surface area contributed by atoms with E-state index in [0.717, 1.165) is 32.5 Å². The summed E-state index contributed by atoms with van der Waals surface area (Å²) < 4.78 is 0. The maximum absolute atomic E-state index is 11.8. The molecule has 1 heterocycles. The van der Waals surface area contributed by atoms with Crippen molar-refractivity contribution in [3.8, 4) is 0 Å². The normalized spacial score (nSPS) is 18.7. The molecule has 1 aromatic carbocycles. The fourth-order valence-corrected chi connectivity index (χ4v) is 2.69. The Balaban J connectivity index is 1.75. The molecular formula is C16H24N4O2. The van der Waals surface area contributed by atoms with E-state index in [-0.39, 0.29) is 30.9 Å². The lowest BCUT2D eigenvalue weighted by atomic mass is 10.0. The van der Waals surface area contributed by atoms with Gasteiger partial charge < -0.3 is 16.4 Å². The highest BCUT2D eigenvalue weighted by Crippen LogP contribution is 2.13. The molecule has 0 aromatic heterocycles. The fourth-order valence-electron chi connectivity index (χ4n) is 2.69. The van der Waals surface area contributed by atoms with Gasteiger partial charge in [-0.1, -0.05) is 30.3 Å². The third-order valence-electron chi connectivity index (χ3n) is 3.75. The van der Waals surface area contributed by atoms with Gasteiger partial charge in [-0.15, -0.1) is 0 Å². The van der Waals surface area contributed by atoms with Crippen LogP contribution < -0.4 is 16.4 Å². The molecule has 0 aliphatic carbocycles. The van der Waals surface area contributed by atoms with E-state index in [1.807, 2.05) is 18.2 Å². The third-order valence-corrected chi connectivity index (χ3v) is 3.75. The Bertz CT molecular complexity index is 492. The van der Waals surface area contributed by atoms with Gasteiger partial charge in [0.1, 0.15) is 0 Å². The minimum absolute atomic E-state index is 0.00871. The van der Waals surface area contributed by atoms with E-state index in [9.17, 15) is 9.59 Å². The topological polar surface area (TPSA) is 87.5 Å². The molecule has 1 unspecified atom stereocenters. The lowest BCUT2D eigenvalue weighted by Crippen LogP contribution is -2.50. The molecule has 6 heteroatoms. The molecule has 0 spiro atoms. The van der Waals surface area contributed by atoms with Crippen molar-refractivity contribution in [1.29, 1.82) is 0 Å². The smallest absolute Gasteiger partial charge is 0.239 e. The molecule has 1 saturated heterocycles. The van der Waals surface area contributed by atoms with Crippen LogP contribution in [0.1, 0.15) is 18.4 Å². The average Bonchev–Trinajstić information content (AvgIpc) is 2.54. The molecule has 0 saturated carbocycles. The molecule has 6 nitrogen and oxygen atoms in total. The van der Waals surface area contributed by atoms with E-state index in [1.54, 1.807) is 0 Å². The summed E-state index contributed by atoms with van der Waals surface area (Å²) in [5, 5.41) is 5.46. The van der Waals surface area contributed by atoms with Crippen LogP contribution in [-0.4, -0.2) is 48.9 Å². The molecule has 1 fully saturated rings. The Kier molecular flexibility index (Phi) is 6.36. The number of likely N-dealkylation sites (tertiary alicyclic amines) is 1. The molecule has 2 rings (SSSR count). The predicted octanol–water partition coefficient (Wildman–Crippen LogP) is -0.158. The number of rotatable bonds is 6. The number of nitrogens with one attached hydrogen (secondary N) is 2. The quantitative estimate of drug-likeness (QED) is 0.682. The molecule has 0 radical (unpaired) electrons. The van der Waals surface area contributed by atoms with E-state index in [2.05, 4.69) is 27.7 Å². The lowest BCUT2D eigenvalue weighted by Gasteiger charge is -2.33. The second-order valence-corrected chi connectivity index (χ2v) is 5.61. The average molecular weight is 304 g/mol. The van der Waals surface area contributed by atoms with Gasteiger partial charge in [-0.05, 0) is 24.9 Å². The van der Waals surface area contributed by atoms with Gasteiger partial charge in [0.15, 0.2) is 0 Å². The fraction of sp³-hybridized carbons (Fsp3) is 0.500. The molecule has 2 amide bonds. The van der Waals surface area contributed by atoms with E-state index in [1.165, 1.54) is 5.56 Å². The van der Waals surface area contributed by atoms with Crippen LogP contribution in [0.25, 0.3) is 0 Å². The second kappa shape index (κ2) is 8.51. The minimum Gasteiger partial charge on any atom is -0.351 e. The Morgan fingerprint density at radius 1 is 1.23 bits per heavy atom. The molecule has 4 N–H and O–H groups in total. The first-order valence-corrected chi connectivity index (χ1v) is 7.70. The first-order chi connectivity index (χ1) is 10.7. The summed E-state index contributed by atoms with van der Waals surface area (Å²) in [5.74, 6) is -0.474. The zero-order chi connectivity index (χ0) is 15.8. The highest BCUT2D eigenvalue weighted by Gasteiger charge is 2.21. The van der Waals surface area contributed by atoms with Gasteiger partial charge in [0.2, 0.25) is 11.8 Å². The standard InChI is InChI=1S/C16H24N4O2/c17-9-15(21)18-10-16(22)19-14-7-4-8-20(12-14)11-13-5-2-1-3-6-13/h1-3,5-6,14H,4,7-12,17H2,(H,18,21)(H,19,22). The second-order valence-electron chi connectivity index (χ2n) is 5.61. The zero-order valence-corrected chi connectivity index (χ0v) is 12.8. The number of piperidine rings is 1. The zero-order valence-electron chi connectivity index (χ0n) is 12.8. The van der Waals surface area contributed by atoms with E-state index < -0.39 is 0 Å². The highest BCUT2D eigenvalue weighted by atomic mass is 16.2. The summed E-state index contributed by atoms with van der Waals surface area (Å²) in [4.78, 5) is 25.2. The van der Waals surface area contributed by atoms with Crippen LogP contribution in [0.4, 0.5) is 0 Å². The molecule has 22 heavy (non-hydrogen) atoms. The number of hydrogen-bond acceptors (Lipinski definition) is 4. The molecular weight excluding hydrogens is 280 g/mol. The predicted molar refractivity (Wildman–Crippen MR) is 84.9 cm³/mol. The summed E-state index contributed by atoms with van der Waals surface area (Å²) in [7, 11) is 0. The molecule has 1 aliphatic rings. The van der Waals surface area contributed by atoms with Crippen LogP contribution in [0, 0.1) is 0 Å². The van der Waals surface area contributed by atoms with Gasteiger partial charge >= 0.3 is 0 Å². The summed E-state index contributed by atoms with van der Waals surface area (Å²) in [6.45, 7) is 2.68. The van der Waals surface area contributed by atoms with E-state index in [0.29, 0.717) is 0 Å². The Morgan fingerprint density at radius 2 is 2.00 bits per heavy atom. The van der Waals surface area contributed by atoms with E-state index in [4.69, 9.17) is 5.73 Å². The summed E-state index contributed by atoms with van der Waals surface area (Å²) in [6, 6.07) is 10.5. The summed E-state index contributed by atoms with van der Waals surface area (Å²) in [6.07, 6.45) is 2.04. The molecule has 1 aromatic rings. The molecule has 1 atom stereocenters. The number of nitrogens with zero attached hydrogens (tertiary/aromatic N) is 1. The Morgan fingerprint density at radius 3 is 2.73 bits per heavy atom. The number of amides is 2. The number of nitrogens with two attached hydrogens (primary N) is 1. The monoisotopic (exact) mass is 304 g/mol. The van der Waals surface area contributed by atoms with Crippen molar-refractivity contribution < 1.29 is 9.59 Å². The van der Waals surface area contributed by atoms with Crippen LogP contribution >= 0.6 is 0 Å². The molecule has 120 valence electrons. The van der Waals surface area contributed by atoms with Crippen molar-refractivity contribution in [3.63, 3.8) is 0 Å². The first-order valence-electron chi connectivity index (χ1n) is 7.70. The van der Waals surface area contributed by atoms with Crippen molar-refractivity contribution in [2.75, 3.05) is 26.2 Å². The SMILES string of the molecule is NCC(=O)NCC(=O)NC1CCCN(Cc2ccccc2)C1. The van der Waals surface area contributed by atoms with Gasteiger partial charge in [-0.2, -0.15) is 0 Å². The summed E-state index contributed by atoms with van der Waals surface area (Å²) in [5.41, 5.74) is 6.47.